The molecule has 0 amide bonds. The average Bonchev–Trinajstić information content (AvgIpc) is 3.15. The van der Waals surface area contributed by atoms with Crippen LogP contribution in [0.5, 0.6) is 0 Å². The Bertz CT molecular complexity index is 1300. The van der Waals surface area contributed by atoms with E-state index < -0.39 is 0 Å². The van der Waals surface area contributed by atoms with Gasteiger partial charge in [-0.3, -0.25) is 9.88 Å². The molecule has 4 heterocycles. The summed E-state index contributed by atoms with van der Waals surface area (Å²) in [5.74, 6) is 0. The number of nitrogens with two attached hydrogens (primary N) is 1. The van der Waals surface area contributed by atoms with Crippen LogP contribution in [0, 0.1) is 11.3 Å². The molecule has 6 rings (SSSR count). The van der Waals surface area contributed by atoms with Crippen LogP contribution in [0.1, 0.15) is 38.0 Å². The van der Waals surface area contributed by atoms with Crippen molar-refractivity contribution < 1.29 is 1.37 Å². The number of fused-ring (bicyclic) bond motifs is 4. The van der Waals surface area contributed by atoms with Gasteiger partial charge in [0.15, 0.2) is 0 Å². The lowest BCUT2D eigenvalue weighted by Crippen LogP contribution is -2.65. The summed E-state index contributed by atoms with van der Waals surface area (Å²) < 4.78 is 7.91. The van der Waals surface area contributed by atoms with E-state index in [4.69, 9.17) is 7.10 Å². The first-order chi connectivity index (χ1) is 15.8. The van der Waals surface area contributed by atoms with Gasteiger partial charge in [-0.1, -0.05) is 6.07 Å². The number of benzene rings is 2. The molecule has 6 nitrogen and oxygen atoms in total. The number of aromatic nitrogens is 1. The Morgan fingerprint density at radius 3 is 2.81 bits per heavy atom. The summed E-state index contributed by atoms with van der Waals surface area (Å²) in [5.41, 5.74) is 12.5. The van der Waals surface area contributed by atoms with Crippen molar-refractivity contribution in [1.82, 2.24) is 9.88 Å². The van der Waals surface area contributed by atoms with Crippen LogP contribution in [0.25, 0.3) is 10.9 Å². The van der Waals surface area contributed by atoms with Crippen LogP contribution >= 0.6 is 0 Å². The fourth-order valence-corrected chi connectivity index (χ4v) is 5.79. The predicted octanol–water partition coefficient (Wildman–Crippen LogP) is 3.41. The topological polar surface area (TPSA) is 72.4 Å². The van der Waals surface area contributed by atoms with E-state index in [-0.39, 0.29) is 11.7 Å². The largest absolute Gasteiger partial charge is 0.368 e. The standard InChI is InChI=1S/C26H28N6/c1-17-12-30(23-8-5-18(11-27)25-22(23)4-3-9-29-25)14-24-21-7-6-20(10-19(21)13-32(17)24)31-15-26(2,28)16-31/h3-10,17,24H,12-16,28H2,1-2H3/t17-,24-/m1/s1/i9D. The van der Waals surface area contributed by atoms with Gasteiger partial charge < -0.3 is 15.5 Å². The van der Waals surface area contributed by atoms with Crippen LogP contribution < -0.4 is 15.5 Å². The highest BCUT2D eigenvalue weighted by molar-refractivity contribution is 5.95. The van der Waals surface area contributed by atoms with E-state index in [9.17, 15) is 5.26 Å². The summed E-state index contributed by atoms with van der Waals surface area (Å²) >= 11 is 0. The molecule has 0 saturated carbocycles. The summed E-state index contributed by atoms with van der Waals surface area (Å²) in [6, 6.07) is 17.4. The van der Waals surface area contributed by atoms with E-state index in [0.717, 1.165) is 43.8 Å². The number of hydrogen-bond acceptors (Lipinski definition) is 6. The Morgan fingerprint density at radius 2 is 2.03 bits per heavy atom. The molecule has 2 aromatic carbocycles. The Morgan fingerprint density at radius 1 is 1.19 bits per heavy atom. The van der Waals surface area contributed by atoms with Crippen LogP contribution in [0.2, 0.25) is 0 Å². The number of nitriles is 1. The Hall–Kier alpha value is -3.14. The van der Waals surface area contributed by atoms with E-state index in [1.54, 1.807) is 6.07 Å². The molecule has 1 aromatic heterocycles. The van der Waals surface area contributed by atoms with Gasteiger partial charge in [0.2, 0.25) is 0 Å². The second kappa shape index (κ2) is 6.93. The van der Waals surface area contributed by atoms with Crippen molar-refractivity contribution in [2.45, 2.75) is 38.0 Å². The molecule has 3 aromatic rings. The van der Waals surface area contributed by atoms with Gasteiger partial charge in [-0.2, -0.15) is 5.26 Å². The fraction of sp³-hybridized carbons (Fsp3) is 0.385. The summed E-state index contributed by atoms with van der Waals surface area (Å²) in [6.45, 7) is 9.01. The number of rotatable bonds is 2. The molecule has 0 aliphatic carbocycles. The van der Waals surface area contributed by atoms with Crippen molar-refractivity contribution in [3.05, 3.63) is 65.3 Å². The molecule has 162 valence electrons. The molecule has 2 fully saturated rings. The summed E-state index contributed by atoms with van der Waals surface area (Å²) in [4.78, 5) is 11.8. The van der Waals surface area contributed by atoms with Gasteiger partial charge in [0, 0.05) is 67.2 Å². The van der Waals surface area contributed by atoms with Gasteiger partial charge in [-0.25, -0.2) is 0 Å². The lowest BCUT2D eigenvalue weighted by Gasteiger charge is -2.47. The molecule has 3 aliphatic rings. The number of pyridine rings is 1. The van der Waals surface area contributed by atoms with Crippen molar-refractivity contribution in [2.24, 2.45) is 5.73 Å². The summed E-state index contributed by atoms with van der Waals surface area (Å²) in [5, 5.41) is 10.5. The van der Waals surface area contributed by atoms with Crippen LogP contribution in [-0.4, -0.2) is 47.6 Å². The fourth-order valence-electron chi connectivity index (χ4n) is 5.79. The van der Waals surface area contributed by atoms with Gasteiger partial charge in [-0.05, 0) is 61.4 Å². The van der Waals surface area contributed by atoms with Gasteiger partial charge >= 0.3 is 0 Å². The van der Waals surface area contributed by atoms with Crippen molar-refractivity contribution in [3.8, 4) is 6.07 Å². The third kappa shape index (κ3) is 2.96. The maximum atomic E-state index is 9.53. The van der Waals surface area contributed by atoms with E-state index in [2.05, 4.69) is 57.8 Å². The second-order valence-corrected chi connectivity index (χ2v) is 9.92. The van der Waals surface area contributed by atoms with Gasteiger partial charge in [0.1, 0.15) is 6.07 Å². The Labute approximate surface area is 190 Å². The molecule has 2 atom stereocenters. The van der Waals surface area contributed by atoms with Crippen molar-refractivity contribution >= 4 is 22.3 Å². The molecule has 6 heteroatoms. The highest BCUT2D eigenvalue weighted by Crippen LogP contribution is 2.42. The third-order valence-electron chi connectivity index (χ3n) is 7.31. The maximum absolute atomic E-state index is 9.53. The molecule has 0 bridgehead atoms. The van der Waals surface area contributed by atoms with Crippen molar-refractivity contribution in [2.75, 3.05) is 36.0 Å². The van der Waals surface area contributed by atoms with Gasteiger partial charge in [0.05, 0.1) is 18.5 Å². The molecule has 32 heavy (non-hydrogen) atoms. The smallest absolute Gasteiger partial charge is 0.101 e. The first-order valence-corrected chi connectivity index (χ1v) is 11.3. The van der Waals surface area contributed by atoms with Crippen LogP contribution in [0.4, 0.5) is 11.4 Å². The zero-order valence-electron chi connectivity index (χ0n) is 19.5. The minimum Gasteiger partial charge on any atom is -0.368 e. The molecular weight excluding hydrogens is 396 g/mol. The van der Waals surface area contributed by atoms with Gasteiger partial charge in [-0.15, -0.1) is 0 Å². The third-order valence-corrected chi connectivity index (χ3v) is 7.31. The SMILES string of the molecule is [2H]c1ccc2c(N3C[C@@H](C)N4Cc5cc(N6CC(C)(N)C6)ccc5[C@H]4C3)ccc(C#N)c2n1. The first-order valence-electron chi connectivity index (χ1n) is 11.8. The molecule has 0 radical (unpaired) electrons. The molecule has 2 N–H and O–H groups in total. The number of anilines is 2. The van der Waals surface area contributed by atoms with E-state index in [1.165, 1.54) is 16.8 Å². The Balaban J connectivity index is 1.33. The Kier molecular flexibility index (Phi) is 3.99. The highest BCUT2D eigenvalue weighted by Gasteiger charge is 2.40. The average molecular weight is 426 g/mol. The van der Waals surface area contributed by atoms with E-state index in [0.29, 0.717) is 23.2 Å². The monoisotopic (exact) mass is 425 g/mol. The summed E-state index contributed by atoms with van der Waals surface area (Å²) in [7, 11) is 0. The van der Waals surface area contributed by atoms with Gasteiger partial charge in [0.25, 0.3) is 0 Å². The quantitative estimate of drug-likeness (QED) is 0.678. The molecule has 0 spiro atoms. The first kappa shape index (κ1) is 18.4. The predicted molar refractivity (Wildman–Crippen MR) is 128 cm³/mol. The zero-order chi connectivity index (χ0) is 22.9. The molecule has 0 unspecified atom stereocenters. The zero-order valence-corrected chi connectivity index (χ0v) is 18.5. The molecular formula is C26H28N6. The minimum atomic E-state index is -0.0784. The molecule has 3 aliphatic heterocycles. The highest BCUT2D eigenvalue weighted by atomic mass is 15.3. The lowest BCUT2D eigenvalue weighted by atomic mass is 9.92. The maximum Gasteiger partial charge on any atom is 0.101 e. The van der Waals surface area contributed by atoms with Crippen molar-refractivity contribution in [3.63, 3.8) is 0 Å². The van der Waals surface area contributed by atoms with Crippen LogP contribution in [0.15, 0.2) is 48.6 Å². The van der Waals surface area contributed by atoms with Crippen LogP contribution in [0.3, 0.4) is 0 Å². The number of hydrogen-bond donors (Lipinski definition) is 1. The number of nitrogens with zero attached hydrogens (tertiary/aromatic N) is 5. The normalized spacial score (nSPS) is 24.5. The van der Waals surface area contributed by atoms with E-state index in [1.807, 2.05) is 18.2 Å². The minimum absolute atomic E-state index is 0.0784. The van der Waals surface area contributed by atoms with E-state index >= 15 is 0 Å². The number of piperazine rings is 1. The second-order valence-electron chi connectivity index (χ2n) is 9.92. The lowest BCUT2D eigenvalue weighted by molar-refractivity contribution is 0.134. The van der Waals surface area contributed by atoms with Crippen molar-refractivity contribution in [1.29, 1.82) is 5.26 Å². The summed E-state index contributed by atoms with van der Waals surface area (Å²) in [6.07, 6.45) is 0.187. The van der Waals surface area contributed by atoms with Crippen LogP contribution in [-0.2, 0) is 6.54 Å². The molecule has 2 saturated heterocycles.